The van der Waals surface area contributed by atoms with Crippen molar-refractivity contribution in [1.82, 2.24) is 15.0 Å². The van der Waals surface area contributed by atoms with Crippen LogP contribution in [0.15, 0.2) is 24.7 Å². The first-order chi connectivity index (χ1) is 8.76. The molecular formula is C12H14N6. The van der Waals surface area contributed by atoms with Crippen LogP contribution in [0.2, 0.25) is 0 Å². The van der Waals surface area contributed by atoms with Gasteiger partial charge in [-0.25, -0.2) is 9.97 Å². The van der Waals surface area contributed by atoms with Crippen LogP contribution < -0.4 is 11.1 Å². The third kappa shape index (κ3) is 2.25. The molecule has 18 heavy (non-hydrogen) atoms. The normalized spacial score (nSPS) is 11.8. The van der Waals surface area contributed by atoms with Crippen LogP contribution in [0.5, 0.6) is 0 Å². The summed E-state index contributed by atoms with van der Waals surface area (Å²) in [6.45, 7) is 2.03. The molecule has 2 rings (SSSR count). The van der Waals surface area contributed by atoms with Crippen molar-refractivity contribution >= 4 is 11.5 Å². The molecule has 1 atom stereocenters. The fourth-order valence-corrected chi connectivity index (χ4v) is 1.68. The van der Waals surface area contributed by atoms with Crippen LogP contribution in [0.3, 0.4) is 0 Å². The highest BCUT2D eigenvalue weighted by molar-refractivity contribution is 5.69. The lowest BCUT2D eigenvalue weighted by atomic mass is 10.2. The largest absolute Gasteiger partial charge is 0.395 e. The average molecular weight is 242 g/mol. The summed E-state index contributed by atoms with van der Waals surface area (Å²) in [5.74, 6) is 1.33. The minimum atomic E-state index is -0.0104. The molecule has 0 radical (unpaired) electrons. The zero-order chi connectivity index (χ0) is 13.0. The van der Waals surface area contributed by atoms with Crippen LogP contribution >= 0.6 is 0 Å². The van der Waals surface area contributed by atoms with E-state index >= 15 is 0 Å². The van der Waals surface area contributed by atoms with Crippen LogP contribution in [0.25, 0.3) is 0 Å². The zero-order valence-corrected chi connectivity index (χ0v) is 10.0. The van der Waals surface area contributed by atoms with Crippen LogP contribution in [-0.2, 0) is 0 Å². The number of rotatable bonds is 4. The second-order valence-electron chi connectivity index (χ2n) is 3.81. The Morgan fingerprint density at radius 1 is 1.50 bits per heavy atom. The lowest BCUT2D eigenvalue weighted by Crippen LogP contribution is -2.14. The molecule has 6 nitrogen and oxygen atoms in total. The molecular weight excluding hydrogens is 228 g/mol. The van der Waals surface area contributed by atoms with Crippen molar-refractivity contribution in [1.29, 1.82) is 5.26 Å². The van der Waals surface area contributed by atoms with Gasteiger partial charge in [0, 0.05) is 18.6 Å². The van der Waals surface area contributed by atoms with Crippen molar-refractivity contribution in [3.8, 4) is 6.07 Å². The van der Waals surface area contributed by atoms with Gasteiger partial charge < -0.3 is 16.0 Å². The van der Waals surface area contributed by atoms with Gasteiger partial charge in [0.05, 0.1) is 17.3 Å². The molecule has 2 heterocycles. The van der Waals surface area contributed by atoms with E-state index in [0.29, 0.717) is 17.1 Å². The molecule has 1 unspecified atom stereocenters. The number of hydrogen-bond acceptors (Lipinski definition) is 5. The van der Waals surface area contributed by atoms with E-state index in [2.05, 4.69) is 20.3 Å². The summed E-state index contributed by atoms with van der Waals surface area (Å²) < 4.78 is 0. The van der Waals surface area contributed by atoms with Gasteiger partial charge in [-0.1, -0.05) is 6.92 Å². The number of nitriles is 1. The van der Waals surface area contributed by atoms with Crippen LogP contribution in [0.1, 0.15) is 30.8 Å². The molecule has 0 saturated carbocycles. The molecule has 0 amide bonds. The van der Waals surface area contributed by atoms with Gasteiger partial charge in [-0.05, 0) is 12.5 Å². The smallest absolute Gasteiger partial charge is 0.151 e. The summed E-state index contributed by atoms with van der Waals surface area (Å²) in [6, 6.07) is 3.61. The topological polar surface area (TPSA) is 103 Å². The van der Waals surface area contributed by atoms with Gasteiger partial charge in [0.15, 0.2) is 5.82 Å². The number of aromatic amines is 1. The first-order valence-corrected chi connectivity index (χ1v) is 5.66. The standard InChI is InChI=1S/C12H14N6/c1-2-9(11-16-5-6-17-11)18-12-10(14)8(7-13)3-4-15-12/h3-6,9H,2,14H2,1H3,(H,15,18)(H,16,17). The Hall–Kier alpha value is -2.55. The Labute approximate surface area is 105 Å². The maximum atomic E-state index is 8.91. The number of anilines is 2. The van der Waals surface area contributed by atoms with E-state index in [-0.39, 0.29) is 6.04 Å². The fraction of sp³-hybridized carbons (Fsp3) is 0.250. The Morgan fingerprint density at radius 2 is 2.33 bits per heavy atom. The quantitative estimate of drug-likeness (QED) is 0.758. The van der Waals surface area contributed by atoms with Crippen molar-refractivity contribution < 1.29 is 0 Å². The van der Waals surface area contributed by atoms with E-state index in [1.165, 1.54) is 0 Å². The summed E-state index contributed by atoms with van der Waals surface area (Å²) in [7, 11) is 0. The van der Waals surface area contributed by atoms with Gasteiger partial charge >= 0.3 is 0 Å². The van der Waals surface area contributed by atoms with Gasteiger partial charge in [-0.2, -0.15) is 5.26 Å². The number of hydrogen-bond donors (Lipinski definition) is 3. The molecule has 2 aromatic heterocycles. The molecule has 0 aliphatic heterocycles. The lowest BCUT2D eigenvalue weighted by Gasteiger charge is -2.16. The van der Waals surface area contributed by atoms with Crippen LogP contribution in [0.4, 0.5) is 11.5 Å². The van der Waals surface area contributed by atoms with Crippen molar-refractivity contribution in [2.45, 2.75) is 19.4 Å². The highest BCUT2D eigenvalue weighted by Gasteiger charge is 2.14. The van der Waals surface area contributed by atoms with E-state index in [0.717, 1.165) is 12.2 Å². The maximum Gasteiger partial charge on any atom is 0.151 e. The first-order valence-electron chi connectivity index (χ1n) is 5.66. The number of aromatic nitrogens is 3. The van der Waals surface area contributed by atoms with E-state index < -0.39 is 0 Å². The highest BCUT2D eigenvalue weighted by atomic mass is 15.1. The van der Waals surface area contributed by atoms with Gasteiger partial charge in [-0.3, -0.25) is 0 Å². The number of nitrogens with two attached hydrogens (primary N) is 1. The lowest BCUT2D eigenvalue weighted by molar-refractivity contribution is 0.701. The van der Waals surface area contributed by atoms with Crippen molar-refractivity contribution in [3.63, 3.8) is 0 Å². The number of nitrogens with zero attached hydrogens (tertiary/aromatic N) is 3. The van der Waals surface area contributed by atoms with Gasteiger partial charge in [-0.15, -0.1) is 0 Å². The molecule has 6 heteroatoms. The maximum absolute atomic E-state index is 8.91. The molecule has 0 fully saturated rings. The summed E-state index contributed by atoms with van der Waals surface area (Å²) in [6.07, 6.45) is 5.85. The Kier molecular flexibility index (Phi) is 3.44. The number of nitrogen functional groups attached to an aromatic ring is 1. The van der Waals surface area contributed by atoms with Crippen LogP contribution in [0, 0.1) is 11.3 Å². The molecule has 2 aromatic rings. The molecule has 0 aliphatic rings. The summed E-state index contributed by atoms with van der Waals surface area (Å²) in [4.78, 5) is 11.4. The number of nitrogens with one attached hydrogen (secondary N) is 2. The predicted molar refractivity (Wildman–Crippen MR) is 68.6 cm³/mol. The van der Waals surface area contributed by atoms with E-state index in [9.17, 15) is 0 Å². The highest BCUT2D eigenvalue weighted by Crippen LogP contribution is 2.24. The molecule has 0 saturated heterocycles. The minimum Gasteiger partial charge on any atom is -0.395 e. The second kappa shape index (κ2) is 5.19. The minimum absolute atomic E-state index is 0.0104. The van der Waals surface area contributed by atoms with Crippen molar-refractivity contribution in [3.05, 3.63) is 36.0 Å². The molecule has 0 aromatic carbocycles. The van der Waals surface area contributed by atoms with Gasteiger partial charge in [0.25, 0.3) is 0 Å². The summed E-state index contributed by atoms with van der Waals surface area (Å²) >= 11 is 0. The monoisotopic (exact) mass is 242 g/mol. The number of imidazole rings is 1. The summed E-state index contributed by atoms with van der Waals surface area (Å²) in [5, 5.41) is 12.1. The molecule has 4 N–H and O–H groups in total. The van der Waals surface area contributed by atoms with E-state index in [1.54, 1.807) is 24.7 Å². The third-order valence-electron chi connectivity index (χ3n) is 2.68. The second-order valence-corrected chi connectivity index (χ2v) is 3.81. The molecule has 0 aliphatic carbocycles. The molecule has 0 spiro atoms. The van der Waals surface area contributed by atoms with Crippen molar-refractivity contribution in [2.75, 3.05) is 11.1 Å². The fourth-order valence-electron chi connectivity index (χ4n) is 1.68. The van der Waals surface area contributed by atoms with Gasteiger partial charge in [0.1, 0.15) is 11.9 Å². The zero-order valence-electron chi connectivity index (χ0n) is 10.0. The Bertz CT molecular complexity index is 554. The SMILES string of the molecule is CCC(Nc1nccc(C#N)c1N)c1ncc[nH]1. The molecule has 0 bridgehead atoms. The third-order valence-corrected chi connectivity index (χ3v) is 2.68. The number of H-pyrrole nitrogens is 1. The van der Waals surface area contributed by atoms with Gasteiger partial charge in [0.2, 0.25) is 0 Å². The average Bonchev–Trinajstić information content (AvgIpc) is 2.91. The van der Waals surface area contributed by atoms with Crippen LogP contribution in [-0.4, -0.2) is 15.0 Å². The Morgan fingerprint density at radius 3 is 2.94 bits per heavy atom. The first kappa shape index (κ1) is 11.9. The van der Waals surface area contributed by atoms with E-state index in [4.69, 9.17) is 11.0 Å². The molecule has 92 valence electrons. The number of pyridine rings is 1. The van der Waals surface area contributed by atoms with E-state index in [1.807, 2.05) is 13.0 Å². The van der Waals surface area contributed by atoms with Crippen molar-refractivity contribution in [2.24, 2.45) is 0 Å². The Balaban J connectivity index is 2.26. The predicted octanol–water partition coefficient (Wildman–Crippen LogP) is 1.82. The summed E-state index contributed by atoms with van der Waals surface area (Å²) in [5.41, 5.74) is 6.66.